The van der Waals surface area contributed by atoms with E-state index in [0.29, 0.717) is 31.0 Å². The molecule has 46 heavy (non-hydrogen) atoms. The van der Waals surface area contributed by atoms with Crippen molar-refractivity contribution in [3.8, 4) is 22.6 Å². The summed E-state index contributed by atoms with van der Waals surface area (Å²) in [6.07, 6.45) is 8.74. The van der Waals surface area contributed by atoms with Gasteiger partial charge in [0.05, 0.1) is 11.2 Å². The lowest BCUT2D eigenvalue weighted by atomic mass is 9.83. The zero-order chi connectivity index (χ0) is 33.2. The number of fused-ring (bicyclic) bond motifs is 2. The summed E-state index contributed by atoms with van der Waals surface area (Å²) in [6.45, 7) is 17.8. The van der Waals surface area contributed by atoms with E-state index in [-0.39, 0.29) is 11.5 Å². The fraction of sp³-hybridized carbons (Fsp3) is 0.412. The molecule has 1 fully saturated rings. The van der Waals surface area contributed by atoms with Crippen LogP contribution in [0.4, 0.5) is 5.69 Å². The van der Waals surface area contributed by atoms with Gasteiger partial charge in [-0.15, -0.1) is 0 Å². The van der Waals surface area contributed by atoms with E-state index < -0.39 is 5.54 Å². The highest BCUT2D eigenvalue weighted by Gasteiger charge is 2.55. The molecule has 1 aromatic carbocycles. The van der Waals surface area contributed by atoms with E-state index in [0.717, 1.165) is 50.9 Å². The topological polar surface area (TPSA) is 137 Å². The number of anilines is 1. The molecular formula is C34H42N10O2. The van der Waals surface area contributed by atoms with Crippen LogP contribution in [0.3, 0.4) is 0 Å². The number of aryl methyl sites for hydroxylation is 4. The van der Waals surface area contributed by atoms with E-state index in [1.54, 1.807) is 25.8 Å². The van der Waals surface area contributed by atoms with Crippen LogP contribution in [-0.4, -0.2) is 76.1 Å². The number of benzene rings is 1. The maximum atomic E-state index is 13.2. The van der Waals surface area contributed by atoms with E-state index >= 15 is 0 Å². The highest BCUT2D eigenvalue weighted by atomic mass is 16.5. The van der Waals surface area contributed by atoms with Gasteiger partial charge in [0.1, 0.15) is 40.6 Å². The van der Waals surface area contributed by atoms with Crippen LogP contribution in [0, 0.1) is 20.8 Å². The number of amides is 1. The van der Waals surface area contributed by atoms with E-state index in [2.05, 4.69) is 60.0 Å². The predicted molar refractivity (Wildman–Crippen MR) is 178 cm³/mol. The second-order valence-electron chi connectivity index (χ2n) is 11.7. The zero-order valence-corrected chi connectivity index (χ0v) is 28.1. The SMILES string of the molecule is CC.CCn1c(-c2cnc(C)nc2)nc2c(-c3ccc4c(c3)C(C)(N3CC(C)(OC)C3)C(=O)N4)ncnc21.Cc1cnc(C)nc1. The Morgan fingerprint density at radius 1 is 0.891 bits per heavy atom. The summed E-state index contributed by atoms with van der Waals surface area (Å²) >= 11 is 0. The summed E-state index contributed by atoms with van der Waals surface area (Å²) < 4.78 is 7.67. The number of nitrogens with one attached hydrogen (secondary N) is 1. The van der Waals surface area contributed by atoms with Crippen LogP contribution in [0.25, 0.3) is 33.8 Å². The van der Waals surface area contributed by atoms with Gasteiger partial charge in [-0.1, -0.05) is 19.9 Å². The molecule has 7 rings (SSSR count). The first-order valence-corrected chi connectivity index (χ1v) is 15.6. The molecule has 1 amide bonds. The summed E-state index contributed by atoms with van der Waals surface area (Å²) in [6, 6.07) is 5.97. The third-order valence-corrected chi connectivity index (χ3v) is 8.48. The van der Waals surface area contributed by atoms with Gasteiger partial charge in [0.25, 0.3) is 0 Å². The van der Waals surface area contributed by atoms with Crippen molar-refractivity contribution in [1.82, 2.24) is 44.4 Å². The van der Waals surface area contributed by atoms with Crippen LogP contribution in [0.15, 0.2) is 49.3 Å². The maximum Gasteiger partial charge on any atom is 0.249 e. The molecule has 0 spiro atoms. The quantitative estimate of drug-likeness (QED) is 0.275. The first kappa shape index (κ1) is 32.7. The predicted octanol–water partition coefficient (Wildman–Crippen LogP) is 5.29. The van der Waals surface area contributed by atoms with Crippen LogP contribution in [0.2, 0.25) is 0 Å². The Morgan fingerprint density at radius 2 is 1.52 bits per heavy atom. The standard InChI is InChI=1S/C26H28N8O2.C6H8N2.C2H6/c1-6-34-22(17-10-27-15(2)28-11-17)32-21-20(29-14-30-23(21)34)16-7-8-19-18(9-16)26(4,24(35)31-19)33-12-25(3,13-33)36-5;1-5-3-7-6(2)8-4-5;1-2/h7-11,14H,6,12-13H2,1-5H3,(H,31,35);3-4H,1-2H3;1-2H3. The lowest BCUT2D eigenvalue weighted by Crippen LogP contribution is -2.68. The number of imidazole rings is 1. The van der Waals surface area contributed by atoms with Crippen molar-refractivity contribution in [3.05, 3.63) is 72.1 Å². The number of hydrogen-bond donors (Lipinski definition) is 1. The van der Waals surface area contributed by atoms with E-state index in [9.17, 15) is 4.79 Å². The third kappa shape index (κ3) is 5.85. The second-order valence-corrected chi connectivity index (χ2v) is 11.7. The Kier molecular flexibility index (Phi) is 9.22. The normalized spacial score (nSPS) is 18.1. The number of methoxy groups -OCH3 is 1. The van der Waals surface area contributed by atoms with Crippen molar-refractivity contribution < 1.29 is 9.53 Å². The molecule has 1 N–H and O–H groups in total. The molecule has 2 aliphatic rings. The first-order valence-electron chi connectivity index (χ1n) is 15.6. The van der Waals surface area contributed by atoms with Crippen LogP contribution in [0.1, 0.15) is 57.4 Å². The third-order valence-electron chi connectivity index (χ3n) is 8.48. The fourth-order valence-electron chi connectivity index (χ4n) is 5.72. The zero-order valence-electron chi connectivity index (χ0n) is 28.1. The fourth-order valence-corrected chi connectivity index (χ4v) is 5.72. The van der Waals surface area contributed by atoms with Crippen LogP contribution >= 0.6 is 0 Å². The van der Waals surface area contributed by atoms with Gasteiger partial charge in [-0.25, -0.2) is 34.9 Å². The summed E-state index contributed by atoms with van der Waals surface area (Å²) in [4.78, 5) is 46.1. The Hall–Kier alpha value is -4.68. The number of rotatable bonds is 5. The highest BCUT2D eigenvalue weighted by Crippen LogP contribution is 2.46. The highest BCUT2D eigenvalue weighted by molar-refractivity contribution is 6.06. The number of ether oxygens (including phenoxy) is 1. The van der Waals surface area contributed by atoms with E-state index in [4.69, 9.17) is 9.72 Å². The molecule has 240 valence electrons. The summed E-state index contributed by atoms with van der Waals surface area (Å²) in [7, 11) is 1.72. The molecule has 4 aromatic heterocycles. The Balaban J connectivity index is 0.000000361. The van der Waals surface area contributed by atoms with Gasteiger partial charge in [0, 0.05) is 68.3 Å². The van der Waals surface area contributed by atoms with E-state index in [1.165, 1.54) is 0 Å². The van der Waals surface area contributed by atoms with Crippen molar-refractivity contribution in [2.75, 3.05) is 25.5 Å². The average Bonchev–Trinajstić information content (AvgIpc) is 3.56. The van der Waals surface area contributed by atoms with Crippen LogP contribution < -0.4 is 5.32 Å². The van der Waals surface area contributed by atoms with Crippen molar-refractivity contribution in [2.24, 2.45) is 0 Å². The van der Waals surface area contributed by atoms with Crippen LogP contribution in [-0.2, 0) is 21.6 Å². The molecule has 0 aliphatic carbocycles. The van der Waals surface area contributed by atoms with Crippen molar-refractivity contribution in [1.29, 1.82) is 0 Å². The molecule has 12 nitrogen and oxygen atoms in total. The van der Waals surface area contributed by atoms with Crippen molar-refractivity contribution >= 4 is 22.8 Å². The van der Waals surface area contributed by atoms with Gasteiger partial charge in [-0.05, 0) is 59.2 Å². The second kappa shape index (κ2) is 13.0. The number of carbonyl (C=O) groups is 1. The Labute approximate surface area is 269 Å². The van der Waals surface area contributed by atoms with Gasteiger partial charge < -0.3 is 14.6 Å². The first-order chi connectivity index (χ1) is 22.1. The largest absolute Gasteiger partial charge is 0.376 e. The smallest absolute Gasteiger partial charge is 0.249 e. The monoisotopic (exact) mass is 622 g/mol. The summed E-state index contributed by atoms with van der Waals surface area (Å²) in [5.74, 6) is 2.25. The van der Waals surface area contributed by atoms with Gasteiger partial charge in [0.15, 0.2) is 5.65 Å². The lowest BCUT2D eigenvalue weighted by Gasteiger charge is -2.53. The molecule has 6 heterocycles. The minimum Gasteiger partial charge on any atom is -0.376 e. The lowest BCUT2D eigenvalue weighted by molar-refractivity contribution is -0.160. The molecule has 12 heteroatoms. The maximum absolute atomic E-state index is 13.2. The Morgan fingerprint density at radius 3 is 2.11 bits per heavy atom. The van der Waals surface area contributed by atoms with E-state index in [1.807, 2.05) is 70.6 Å². The minimum absolute atomic E-state index is 0.0300. The molecule has 1 saturated heterocycles. The van der Waals surface area contributed by atoms with Gasteiger partial charge in [-0.3, -0.25) is 9.69 Å². The van der Waals surface area contributed by atoms with Gasteiger partial charge in [-0.2, -0.15) is 0 Å². The number of likely N-dealkylation sites (tertiary alicyclic amines) is 1. The number of nitrogens with zero attached hydrogens (tertiary/aromatic N) is 9. The molecule has 2 aliphatic heterocycles. The van der Waals surface area contributed by atoms with Crippen molar-refractivity contribution in [2.45, 2.75) is 73.1 Å². The molecular weight excluding hydrogens is 580 g/mol. The number of aromatic nitrogens is 8. The molecule has 1 unspecified atom stereocenters. The van der Waals surface area contributed by atoms with Crippen LogP contribution in [0.5, 0.6) is 0 Å². The minimum atomic E-state index is -0.789. The Bertz CT molecular complexity index is 1830. The molecule has 0 bridgehead atoms. The molecule has 0 saturated carbocycles. The molecule has 1 atom stereocenters. The molecule has 0 radical (unpaired) electrons. The number of hydrogen-bond acceptors (Lipinski definition) is 10. The van der Waals surface area contributed by atoms with Crippen molar-refractivity contribution in [3.63, 3.8) is 0 Å². The number of carbonyl (C=O) groups excluding carboxylic acids is 1. The summed E-state index contributed by atoms with van der Waals surface area (Å²) in [5, 5.41) is 3.06. The summed E-state index contributed by atoms with van der Waals surface area (Å²) in [5.41, 5.74) is 5.68. The average molecular weight is 623 g/mol. The van der Waals surface area contributed by atoms with Gasteiger partial charge >= 0.3 is 0 Å². The van der Waals surface area contributed by atoms with Gasteiger partial charge in [0.2, 0.25) is 5.91 Å². The molecule has 5 aromatic rings.